The first-order valence-electron chi connectivity index (χ1n) is 6.29. The van der Waals surface area contributed by atoms with E-state index in [1.165, 1.54) is 12.1 Å². The summed E-state index contributed by atoms with van der Waals surface area (Å²) in [4.78, 5) is 4.33. The fraction of sp³-hybridized carbons (Fsp3) is 0.214. The van der Waals surface area contributed by atoms with Gasteiger partial charge in [0.25, 0.3) is 0 Å². The lowest BCUT2D eigenvalue weighted by Crippen LogP contribution is -2.25. The van der Waals surface area contributed by atoms with Gasteiger partial charge in [-0.3, -0.25) is 4.57 Å². The highest BCUT2D eigenvalue weighted by Crippen LogP contribution is 2.42. The predicted octanol–water partition coefficient (Wildman–Crippen LogP) is 3.10. The van der Waals surface area contributed by atoms with Crippen LogP contribution >= 0.6 is 0 Å². The Morgan fingerprint density at radius 3 is 2.90 bits per heavy atom. The third-order valence-corrected chi connectivity index (χ3v) is 2.89. The standard InChI is InChI=1S/C14H13F2N3O2/c1-3-6-17-13-18-9(2)8-19(13)10-4-5-11-12(7-10)21-14(15,16)20-11/h3-5,7-8H,1,6H2,2H3,(H,17,18). The average Bonchev–Trinajstić information content (AvgIpc) is 2.93. The van der Waals surface area contributed by atoms with Crippen molar-refractivity contribution in [3.63, 3.8) is 0 Å². The number of aromatic nitrogens is 2. The Balaban J connectivity index is 1.97. The van der Waals surface area contributed by atoms with E-state index in [1.807, 2.05) is 6.92 Å². The number of alkyl halides is 2. The molecule has 2 heterocycles. The number of nitrogens with one attached hydrogen (secondary N) is 1. The summed E-state index contributed by atoms with van der Waals surface area (Å²) < 4.78 is 36.7. The van der Waals surface area contributed by atoms with Crippen LogP contribution in [0.2, 0.25) is 0 Å². The van der Waals surface area contributed by atoms with E-state index in [4.69, 9.17) is 0 Å². The lowest BCUT2D eigenvalue weighted by atomic mass is 10.3. The third kappa shape index (κ3) is 2.54. The molecule has 1 aliphatic heterocycles. The maximum atomic E-state index is 13.0. The van der Waals surface area contributed by atoms with E-state index in [2.05, 4.69) is 26.4 Å². The first-order valence-corrected chi connectivity index (χ1v) is 6.29. The first-order chi connectivity index (χ1) is 9.98. The highest BCUT2D eigenvalue weighted by molar-refractivity contribution is 5.53. The summed E-state index contributed by atoms with van der Waals surface area (Å²) in [5.41, 5.74) is 1.44. The highest BCUT2D eigenvalue weighted by Gasteiger charge is 2.43. The molecule has 1 N–H and O–H groups in total. The quantitative estimate of drug-likeness (QED) is 0.880. The molecule has 0 radical (unpaired) electrons. The fourth-order valence-electron chi connectivity index (χ4n) is 2.07. The zero-order chi connectivity index (χ0) is 15.0. The minimum atomic E-state index is -3.62. The second-order valence-electron chi connectivity index (χ2n) is 4.54. The SMILES string of the molecule is C=CCNc1nc(C)cn1-c1ccc2c(c1)OC(F)(F)O2. The van der Waals surface area contributed by atoms with Crippen molar-refractivity contribution in [3.8, 4) is 17.2 Å². The smallest absolute Gasteiger partial charge is 0.395 e. The van der Waals surface area contributed by atoms with Crippen LogP contribution in [0.1, 0.15) is 5.69 Å². The van der Waals surface area contributed by atoms with Crippen molar-refractivity contribution in [2.45, 2.75) is 13.2 Å². The van der Waals surface area contributed by atoms with Crippen LogP contribution < -0.4 is 14.8 Å². The second-order valence-corrected chi connectivity index (χ2v) is 4.54. The number of halogens is 2. The van der Waals surface area contributed by atoms with Crippen LogP contribution in [-0.4, -0.2) is 22.4 Å². The van der Waals surface area contributed by atoms with Gasteiger partial charge in [-0.2, -0.15) is 0 Å². The molecule has 0 saturated carbocycles. The molecule has 5 nitrogen and oxygen atoms in total. The van der Waals surface area contributed by atoms with E-state index in [9.17, 15) is 8.78 Å². The maximum Gasteiger partial charge on any atom is 0.586 e. The number of nitrogens with zero attached hydrogens (tertiary/aromatic N) is 2. The molecule has 0 spiro atoms. The zero-order valence-corrected chi connectivity index (χ0v) is 11.3. The van der Waals surface area contributed by atoms with Gasteiger partial charge in [0.2, 0.25) is 5.95 Å². The first kappa shape index (κ1) is 13.4. The molecule has 0 saturated heterocycles. The Labute approximate surface area is 119 Å². The molecular weight excluding hydrogens is 280 g/mol. The van der Waals surface area contributed by atoms with Gasteiger partial charge in [-0.05, 0) is 19.1 Å². The van der Waals surface area contributed by atoms with Crippen molar-refractivity contribution in [3.05, 3.63) is 42.7 Å². The van der Waals surface area contributed by atoms with Crippen LogP contribution in [0.3, 0.4) is 0 Å². The van der Waals surface area contributed by atoms with Gasteiger partial charge in [-0.15, -0.1) is 15.4 Å². The Bertz CT molecular complexity index is 698. The lowest BCUT2D eigenvalue weighted by Gasteiger charge is -2.09. The molecular formula is C14H13F2N3O2. The number of aryl methyl sites for hydroxylation is 1. The molecule has 0 amide bonds. The summed E-state index contributed by atoms with van der Waals surface area (Å²) >= 11 is 0. The number of hydrogen-bond donors (Lipinski definition) is 1. The average molecular weight is 293 g/mol. The van der Waals surface area contributed by atoms with E-state index in [0.29, 0.717) is 18.2 Å². The Morgan fingerprint density at radius 1 is 1.38 bits per heavy atom. The second kappa shape index (κ2) is 4.76. The number of fused-ring (bicyclic) bond motifs is 1. The van der Waals surface area contributed by atoms with Crippen LogP contribution in [0.4, 0.5) is 14.7 Å². The molecule has 3 rings (SSSR count). The van der Waals surface area contributed by atoms with Gasteiger partial charge < -0.3 is 14.8 Å². The molecule has 0 unspecified atom stereocenters. The Morgan fingerprint density at radius 2 is 2.14 bits per heavy atom. The number of rotatable bonds is 4. The molecule has 1 aromatic carbocycles. The summed E-state index contributed by atoms with van der Waals surface area (Å²) in [5, 5.41) is 3.08. The fourth-order valence-corrected chi connectivity index (χ4v) is 2.07. The Hall–Kier alpha value is -2.57. The summed E-state index contributed by atoms with van der Waals surface area (Å²) in [7, 11) is 0. The number of imidazole rings is 1. The van der Waals surface area contributed by atoms with E-state index in [0.717, 1.165) is 5.69 Å². The van der Waals surface area contributed by atoms with Crippen molar-refractivity contribution < 1.29 is 18.3 Å². The van der Waals surface area contributed by atoms with E-state index < -0.39 is 6.29 Å². The van der Waals surface area contributed by atoms with Crippen LogP contribution in [0.15, 0.2) is 37.1 Å². The van der Waals surface area contributed by atoms with Gasteiger partial charge in [-0.1, -0.05) is 6.08 Å². The van der Waals surface area contributed by atoms with Crippen molar-refractivity contribution in [2.75, 3.05) is 11.9 Å². The molecule has 0 fully saturated rings. The summed E-state index contributed by atoms with van der Waals surface area (Å²) in [6.07, 6.45) is -0.120. The topological polar surface area (TPSA) is 48.3 Å². The molecule has 0 aliphatic carbocycles. The summed E-state index contributed by atoms with van der Waals surface area (Å²) in [6.45, 7) is 6.01. The molecule has 1 aliphatic rings. The van der Waals surface area contributed by atoms with Crippen LogP contribution in [0.5, 0.6) is 11.5 Å². The van der Waals surface area contributed by atoms with Gasteiger partial charge in [0, 0.05) is 18.8 Å². The minimum absolute atomic E-state index is 0.00137. The molecule has 0 atom stereocenters. The van der Waals surface area contributed by atoms with E-state index in [1.54, 1.807) is 22.9 Å². The van der Waals surface area contributed by atoms with Gasteiger partial charge in [0.05, 0.1) is 11.4 Å². The van der Waals surface area contributed by atoms with Crippen molar-refractivity contribution in [1.82, 2.24) is 9.55 Å². The zero-order valence-electron chi connectivity index (χ0n) is 11.3. The van der Waals surface area contributed by atoms with Crippen molar-refractivity contribution in [1.29, 1.82) is 0 Å². The molecule has 0 bridgehead atoms. The molecule has 1 aromatic heterocycles. The van der Waals surface area contributed by atoms with Gasteiger partial charge in [-0.25, -0.2) is 4.98 Å². The molecule has 110 valence electrons. The predicted molar refractivity (Wildman–Crippen MR) is 73.2 cm³/mol. The van der Waals surface area contributed by atoms with Crippen LogP contribution in [0, 0.1) is 6.92 Å². The lowest BCUT2D eigenvalue weighted by molar-refractivity contribution is -0.286. The molecule has 7 heteroatoms. The summed E-state index contributed by atoms with van der Waals surface area (Å²) in [5.74, 6) is 0.609. The highest BCUT2D eigenvalue weighted by atomic mass is 19.3. The Kier molecular flexibility index (Phi) is 3.04. The number of ether oxygens (including phenoxy) is 2. The van der Waals surface area contributed by atoms with Crippen LogP contribution in [-0.2, 0) is 0 Å². The van der Waals surface area contributed by atoms with Gasteiger partial charge >= 0.3 is 6.29 Å². The van der Waals surface area contributed by atoms with E-state index in [-0.39, 0.29) is 11.5 Å². The largest absolute Gasteiger partial charge is 0.586 e. The normalized spacial score (nSPS) is 15.0. The minimum Gasteiger partial charge on any atom is -0.395 e. The molecule has 21 heavy (non-hydrogen) atoms. The number of hydrogen-bond acceptors (Lipinski definition) is 4. The van der Waals surface area contributed by atoms with Gasteiger partial charge in [0.1, 0.15) is 0 Å². The van der Waals surface area contributed by atoms with Crippen molar-refractivity contribution >= 4 is 5.95 Å². The number of benzene rings is 1. The van der Waals surface area contributed by atoms with Gasteiger partial charge in [0.15, 0.2) is 11.5 Å². The third-order valence-electron chi connectivity index (χ3n) is 2.89. The maximum absolute atomic E-state index is 13.0. The monoisotopic (exact) mass is 293 g/mol. The summed E-state index contributed by atoms with van der Waals surface area (Å²) in [6, 6.07) is 4.58. The van der Waals surface area contributed by atoms with Crippen molar-refractivity contribution in [2.24, 2.45) is 0 Å². The van der Waals surface area contributed by atoms with Crippen LogP contribution in [0.25, 0.3) is 5.69 Å². The number of anilines is 1. The molecule has 2 aromatic rings. The van der Waals surface area contributed by atoms with E-state index >= 15 is 0 Å².